The Balaban J connectivity index is 1.84. The molecule has 0 bridgehead atoms. The van der Waals surface area contributed by atoms with E-state index in [9.17, 15) is 0 Å². The quantitative estimate of drug-likeness (QED) is 0.834. The predicted octanol–water partition coefficient (Wildman–Crippen LogP) is 2.42. The highest BCUT2D eigenvalue weighted by molar-refractivity contribution is 5.53. The molecule has 1 saturated heterocycles. The molecule has 1 aliphatic rings. The second-order valence-electron chi connectivity index (χ2n) is 4.15. The van der Waals surface area contributed by atoms with E-state index in [4.69, 9.17) is 4.42 Å². The van der Waals surface area contributed by atoms with E-state index >= 15 is 0 Å². The zero-order chi connectivity index (χ0) is 10.8. The summed E-state index contributed by atoms with van der Waals surface area (Å²) in [6.07, 6.45) is 4.51. The van der Waals surface area contributed by atoms with Gasteiger partial charge in [-0.15, -0.1) is 0 Å². The molecular weight excluding hydrogens is 200 g/mol. The van der Waals surface area contributed by atoms with Gasteiger partial charge in [-0.25, -0.2) is 4.98 Å². The van der Waals surface area contributed by atoms with Crippen LogP contribution in [0.25, 0.3) is 11.5 Å². The number of nitrogens with one attached hydrogen (secondary N) is 1. The van der Waals surface area contributed by atoms with Crippen LogP contribution in [-0.2, 0) is 0 Å². The maximum absolute atomic E-state index is 5.26. The molecule has 1 aromatic carbocycles. The van der Waals surface area contributed by atoms with Crippen LogP contribution in [0.4, 0.5) is 0 Å². The zero-order valence-corrected chi connectivity index (χ0v) is 9.02. The number of aromatic nitrogens is 1. The Morgan fingerprint density at radius 1 is 1.25 bits per heavy atom. The van der Waals surface area contributed by atoms with Gasteiger partial charge < -0.3 is 9.73 Å². The summed E-state index contributed by atoms with van der Waals surface area (Å²) >= 11 is 0. The van der Waals surface area contributed by atoms with Gasteiger partial charge in [-0.05, 0) is 36.6 Å². The van der Waals surface area contributed by atoms with E-state index in [1.54, 1.807) is 12.5 Å². The molecular formula is C13H14N2O. The van der Waals surface area contributed by atoms with Crippen molar-refractivity contribution in [2.45, 2.75) is 12.3 Å². The van der Waals surface area contributed by atoms with E-state index in [0.717, 1.165) is 18.7 Å². The molecule has 1 unspecified atom stereocenters. The van der Waals surface area contributed by atoms with Crippen molar-refractivity contribution in [1.82, 2.24) is 10.3 Å². The maximum Gasteiger partial charge on any atom is 0.225 e. The molecule has 0 saturated carbocycles. The first-order chi connectivity index (χ1) is 7.93. The van der Waals surface area contributed by atoms with E-state index in [-0.39, 0.29) is 0 Å². The average molecular weight is 214 g/mol. The lowest BCUT2D eigenvalue weighted by Crippen LogP contribution is -2.07. The molecule has 1 aliphatic heterocycles. The summed E-state index contributed by atoms with van der Waals surface area (Å²) in [5.74, 6) is 1.36. The molecule has 0 amide bonds. The molecule has 3 heteroatoms. The number of benzene rings is 1. The Bertz CT molecular complexity index is 441. The van der Waals surface area contributed by atoms with Gasteiger partial charge in [0, 0.05) is 12.1 Å². The van der Waals surface area contributed by atoms with Crippen molar-refractivity contribution in [3.05, 3.63) is 42.3 Å². The van der Waals surface area contributed by atoms with Crippen LogP contribution in [0, 0.1) is 0 Å². The molecule has 0 radical (unpaired) electrons. The summed E-state index contributed by atoms with van der Waals surface area (Å²) < 4.78 is 5.26. The monoisotopic (exact) mass is 214 g/mol. The SMILES string of the molecule is c1coc(-c2ccc(C3CCNC3)cc2)n1. The van der Waals surface area contributed by atoms with Crippen LogP contribution >= 0.6 is 0 Å². The minimum atomic E-state index is 0.665. The summed E-state index contributed by atoms with van der Waals surface area (Å²) in [7, 11) is 0. The smallest absolute Gasteiger partial charge is 0.225 e. The molecule has 1 fully saturated rings. The third-order valence-corrected chi connectivity index (χ3v) is 3.12. The Morgan fingerprint density at radius 2 is 2.12 bits per heavy atom. The second-order valence-corrected chi connectivity index (χ2v) is 4.15. The van der Waals surface area contributed by atoms with Gasteiger partial charge in [0.15, 0.2) is 0 Å². The van der Waals surface area contributed by atoms with Gasteiger partial charge in [0.2, 0.25) is 5.89 Å². The zero-order valence-electron chi connectivity index (χ0n) is 9.02. The first-order valence-corrected chi connectivity index (χ1v) is 5.64. The number of rotatable bonds is 2. The van der Waals surface area contributed by atoms with Crippen molar-refractivity contribution in [3.63, 3.8) is 0 Å². The van der Waals surface area contributed by atoms with Crippen LogP contribution in [0.1, 0.15) is 17.9 Å². The lowest BCUT2D eigenvalue weighted by molar-refractivity contribution is 0.574. The summed E-state index contributed by atoms with van der Waals surface area (Å²) in [5, 5.41) is 3.38. The van der Waals surface area contributed by atoms with E-state index in [1.807, 2.05) is 0 Å². The third-order valence-electron chi connectivity index (χ3n) is 3.12. The lowest BCUT2D eigenvalue weighted by Gasteiger charge is -2.08. The van der Waals surface area contributed by atoms with Crippen LogP contribution in [0.3, 0.4) is 0 Å². The predicted molar refractivity (Wildman–Crippen MR) is 62.2 cm³/mol. The van der Waals surface area contributed by atoms with Crippen molar-refractivity contribution >= 4 is 0 Å². The average Bonchev–Trinajstić information content (AvgIpc) is 3.03. The highest BCUT2D eigenvalue weighted by Crippen LogP contribution is 2.25. The molecule has 82 valence electrons. The molecule has 1 N–H and O–H groups in total. The topological polar surface area (TPSA) is 38.1 Å². The first-order valence-electron chi connectivity index (χ1n) is 5.64. The minimum Gasteiger partial charge on any atom is -0.445 e. The van der Waals surface area contributed by atoms with Gasteiger partial charge in [0.05, 0.1) is 6.20 Å². The van der Waals surface area contributed by atoms with Gasteiger partial charge in [-0.1, -0.05) is 12.1 Å². The van der Waals surface area contributed by atoms with E-state index in [2.05, 4.69) is 34.6 Å². The largest absolute Gasteiger partial charge is 0.445 e. The van der Waals surface area contributed by atoms with E-state index in [1.165, 1.54) is 12.0 Å². The highest BCUT2D eigenvalue weighted by atomic mass is 16.3. The fourth-order valence-electron chi connectivity index (χ4n) is 2.20. The van der Waals surface area contributed by atoms with Gasteiger partial charge >= 0.3 is 0 Å². The number of hydrogen-bond donors (Lipinski definition) is 1. The van der Waals surface area contributed by atoms with Crippen molar-refractivity contribution in [1.29, 1.82) is 0 Å². The Kier molecular flexibility index (Phi) is 2.46. The molecule has 1 atom stereocenters. The molecule has 3 nitrogen and oxygen atoms in total. The Morgan fingerprint density at radius 3 is 2.75 bits per heavy atom. The number of nitrogens with zero attached hydrogens (tertiary/aromatic N) is 1. The minimum absolute atomic E-state index is 0.665. The maximum atomic E-state index is 5.26. The standard InChI is InChI=1S/C13H14N2O/c1-3-11(13-15-7-8-16-13)4-2-10(1)12-5-6-14-9-12/h1-4,7-8,12,14H,5-6,9H2. The summed E-state index contributed by atoms with van der Waals surface area (Å²) in [6.45, 7) is 2.23. The number of hydrogen-bond acceptors (Lipinski definition) is 3. The summed E-state index contributed by atoms with van der Waals surface area (Å²) in [6, 6.07) is 8.52. The molecule has 2 aromatic rings. The van der Waals surface area contributed by atoms with Crippen molar-refractivity contribution in [3.8, 4) is 11.5 Å². The first kappa shape index (κ1) is 9.60. The van der Waals surface area contributed by atoms with E-state index in [0.29, 0.717) is 11.8 Å². The molecule has 0 aliphatic carbocycles. The van der Waals surface area contributed by atoms with Gasteiger partial charge in [-0.3, -0.25) is 0 Å². The van der Waals surface area contributed by atoms with Gasteiger partial charge in [0.1, 0.15) is 6.26 Å². The molecule has 3 rings (SSSR count). The van der Waals surface area contributed by atoms with Crippen molar-refractivity contribution < 1.29 is 4.42 Å². The summed E-state index contributed by atoms with van der Waals surface area (Å²) in [4.78, 5) is 4.13. The lowest BCUT2D eigenvalue weighted by atomic mass is 9.97. The molecule has 16 heavy (non-hydrogen) atoms. The van der Waals surface area contributed by atoms with Crippen LogP contribution in [0.15, 0.2) is 41.1 Å². The van der Waals surface area contributed by atoms with E-state index < -0.39 is 0 Å². The van der Waals surface area contributed by atoms with Crippen LogP contribution in [-0.4, -0.2) is 18.1 Å². The number of oxazole rings is 1. The molecule has 0 spiro atoms. The van der Waals surface area contributed by atoms with Crippen LogP contribution in [0.2, 0.25) is 0 Å². The fourth-order valence-corrected chi connectivity index (χ4v) is 2.20. The fraction of sp³-hybridized carbons (Fsp3) is 0.308. The Labute approximate surface area is 94.5 Å². The Hall–Kier alpha value is -1.61. The van der Waals surface area contributed by atoms with Crippen molar-refractivity contribution in [2.24, 2.45) is 0 Å². The third kappa shape index (κ3) is 1.74. The molecule has 1 aromatic heterocycles. The highest BCUT2D eigenvalue weighted by Gasteiger charge is 2.16. The second kappa shape index (κ2) is 4.10. The van der Waals surface area contributed by atoms with Gasteiger partial charge in [0.25, 0.3) is 0 Å². The van der Waals surface area contributed by atoms with Crippen LogP contribution < -0.4 is 5.32 Å². The van der Waals surface area contributed by atoms with Crippen LogP contribution in [0.5, 0.6) is 0 Å². The van der Waals surface area contributed by atoms with Crippen molar-refractivity contribution in [2.75, 3.05) is 13.1 Å². The molecule has 2 heterocycles. The normalized spacial score (nSPS) is 20.1. The summed E-state index contributed by atoms with van der Waals surface area (Å²) in [5.41, 5.74) is 2.44. The van der Waals surface area contributed by atoms with Gasteiger partial charge in [-0.2, -0.15) is 0 Å².